The van der Waals surface area contributed by atoms with E-state index in [1.54, 1.807) is 10.9 Å². The fourth-order valence-electron chi connectivity index (χ4n) is 3.16. The van der Waals surface area contributed by atoms with Gasteiger partial charge in [0, 0.05) is 12.5 Å². The summed E-state index contributed by atoms with van der Waals surface area (Å²) >= 11 is 0. The molecule has 24 heavy (non-hydrogen) atoms. The van der Waals surface area contributed by atoms with Crippen LogP contribution in [0.25, 0.3) is 0 Å². The molecule has 1 amide bonds. The molecule has 8 heteroatoms. The fourth-order valence-corrected chi connectivity index (χ4v) is 3.16. The first-order chi connectivity index (χ1) is 11.8. The number of piperidine rings is 1. The van der Waals surface area contributed by atoms with Crippen molar-refractivity contribution >= 4 is 5.91 Å². The van der Waals surface area contributed by atoms with Gasteiger partial charge in [-0.25, -0.2) is 0 Å². The average molecular weight is 329 g/mol. The SMILES string of the molecule is O=C(NCc1cc(C2CC2)n[nH]1)c1cn(CC2CCCNC2)nn1. The van der Waals surface area contributed by atoms with E-state index in [9.17, 15) is 4.79 Å². The van der Waals surface area contributed by atoms with Gasteiger partial charge in [-0.05, 0) is 50.8 Å². The van der Waals surface area contributed by atoms with Crippen molar-refractivity contribution < 1.29 is 4.79 Å². The van der Waals surface area contributed by atoms with E-state index in [1.807, 2.05) is 6.07 Å². The summed E-state index contributed by atoms with van der Waals surface area (Å²) in [6.07, 6.45) is 6.55. The Morgan fingerprint density at radius 1 is 1.38 bits per heavy atom. The van der Waals surface area contributed by atoms with E-state index >= 15 is 0 Å². The van der Waals surface area contributed by atoms with Crippen molar-refractivity contribution in [1.82, 2.24) is 35.8 Å². The van der Waals surface area contributed by atoms with Crippen molar-refractivity contribution in [2.45, 2.75) is 44.7 Å². The number of H-pyrrole nitrogens is 1. The number of rotatable bonds is 6. The predicted octanol–water partition coefficient (Wildman–Crippen LogP) is 0.808. The first-order valence-electron chi connectivity index (χ1n) is 8.71. The van der Waals surface area contributed by atoms with Gasteiger partial charge in [0.05, 0.1) is 24.1 Å². The third-order valence-corrected chi connectivity index (χ3v) is 4.70. The number of hydrogen-bond acceptors (Lipinski definition) is 5. The van der Waals surface area contributed by atoms with Crippen LogP contribution < -0.4 is 10.6 Å². The molecule has 1 atom stereocenters. The van der Waals surface area contributed by atoms with Gasteiger partial charge < -0.3 is 10.6 Å². The van der Waals surface area contributed by atoms with Gasteiger partial charge in [0.2, 0.25) is 0 Å². The van der Waals surface area contributed by atoms with Gasteiger partial charge in [0.1, 0.15) is 0 Å². The highest BCUT2D eigenvalue weighted by atomic mass is 16.2. The van der Waals surface area contributed by atoms with E-state index in [1.165, 1.54) is 25.7 Å². The van der Waals surface area contributed by atoms with Gasteiger partial charge in [-0.3, -0.25) is 14.6 Å². The normalized spacial score (nSPS) is 20.9. The monoisotopic (exact) mass is 329 g/mol. The molecule has 1 saturated heterocycles. The van der Waals surface area contributed by atoms with Crippen molar-refractivity contribution in [3.05, 3.63) is 29.3 Å². The van der Waals surface area contributed by atoms with Gasteiger partial charge in [-0.2, -0.15) is 5.10 Å². The summed E-state index contributed by atoms with van der Waals surface area (Å²) in [5.74, 6) is 0.965. The fraction of sp³-hybridized carbons (Fsp3) is 0.625. The molecule has 0 bridgehead atoms. The molecule has 4 rings (SSSR count). The van der Waals surface area contributed by atoms with Gasteiger partial charge >= 0.3 is 0 Å². The minimum Gasteiger partial charge on any atom is -0.345 e. The van der Waals surface area contributed by atoms with Gasteiger partial charge in [0.15, 0.2) is 5.69 Å². The zero-order valence-electron chi connectivity index (χ0n) is 13.7. The molecule has 3 heterocycles. The molecule has 2 aliphatic rings. The van der Waals surface area contributed by atoms with Crippen LogP contribution >= 0.6 is 0 Å². The van der Waals surface area contributed by atoms with Gasteiger partial charge in [0.25, 0.3) is 5.91 Å². The lowest BCUT2D eigenvalue weighted by Crippen LogP contribution is -2.32. The van der Waals surface area contributed by atoms with E-state index < -0.39 is 0 Å². The second-order valence-corrected chi connectivity index (χ2v) is 6.81. The summed E-state index contributed by atoms with van der Waals surface area (Å²) in [7, 11) is 0. The molecule has 1 unspecified atom stereocenters. The van der Waals surface area contributed by atoms with Crippen LogP contribution in [0.1, 0.15) is 53.5 Å². The van der Waals surface area contributed by atoms with Crippen molar-refractivity contribution in [2.75, 3.05) is 13.1 Å². The third-order valence-electron chi connectivity index (χ3n) is 4.70. The Balaban J connectivity index is 1.29. The lowest BCUT2D eigenvalue weighted by Gasteiger charge is -2.22. The summed E-state index contributed by atoms with van der Waals surface area (Å²) in [4.78, 5) is 12.2. The Morgan fingerprint density at radius 3 is 3.08 bits per heavy atom. The lowest BCUT2D eigenvalue weighted by molar-refractivity contribution is 0.0945. The molecular formula is C16H23N7O. The molecule has 8 nitrogen and oxygen atoms in total. The first-order valence-corrected chi connectivity index (χ1v) is 8.71. The highest BCUT2D eigenvalue weighted by molar-refractivity contribution is 5.91. The number of amides is 1. The molecule has 0 aromatic carbocycles. The van der Waals surface area contributed by atoms with E-state index in [0.29, 0.717) is 24.1 Å². The number of hydrogen-bond donors (Lipinski definition) is 3. The zero-order valence-corrected chi connectivity index (χ0v) is 13.7. The molecule has 1 aliphatic carbocycles. The van der Waals surface area contributed by atoms with Crippen molar-refractivity contribution in [3.8, 4) is 0 Å². The van der Waals surface area contributed by atoms with E-state index in [0.717, 1.165) is 31.0 Å². The topological polar surface area (TPSA) is 101 Å². The van der Waals surface area contributed by atoms with Crippen LogP contribution in [0.15, 0.2) is 12.3 Å². The standard InChI is InChI=1S/C16H23N7O/c24-16(18-8-13-6-14(20-19-13)12-3-4-12)15-10-23(22-21-15)9-11-2-1-5-17-7-11/h6,10-12,17H,1-5,7-9H2,(H,18,24)(H,19,20). The number of carbonyl (C=O) groups is 1. The minimum absolute atomic E-state index is 0.203. The molecule has 128 valence electrons. The largest absolute Gasteiger partial charge is 0.345 e. The number of aromatic amines is 1. The summed E-state index contributed by atoms with van der Waals surface area (Å²) in [6.45, 7) is 3.33. The first kappa shape index (κ1) is 15.3. The van der Waals surface area contributed by atoms with Crippen LogP contribution in [0, 0.1) is 5.92 Å². The Morgan fingerprint density at radius 2 is 2.29 bits per heavy atom. The number of carbonyl (C=O) groups excluding carboxylic acids is 1. The van der Waals surface area contributed by atoms with Crippen LogP contribution in [-0.2, 0) is 13.1 Å². The maximum Gasteiger partial charge on any atom is 0.273 e. The summed E-state index contributed by atoms with van der Waals surface area (Å²) < 4.78 is 1.77. The Bertz CT molecular complexity index is 697. The van der Waals surface area contributed by atoms with Crippen molar-refractivity contribution in [3.63, 3.8) is 0 Å². The second kappa shape index (κ2) is 6.72. The molecule has 1 aliphatic heterocycles. The number of nitrogens with zero attached hydrogens (tertiary/aromatic N) is 4. The van der Waals surface area contributed by atoms with Crippen LogP contribution in [0.5, 0.6) is 0 Å². The highest BCUT2D eigenvalue weighted by Gasteiger charge is 2.26. The Labute approximate surface area is 140 Å². The van der Waals surface area contributed by atoms with Crippen molar-refractivity contribution in [1.29, 1.82) is 0 Å². The number of aromatic nitrogens is 5. The maximum absolute atomic E-state index is 12.2. The summed E-state index contributed by atoms with van der Waals surface area (Å²) in [5, 5.41) is 21.6. The van der Waals surface area contributed by atoms with Crippen LogP contribution in [-0.4, -0.2) is 44.2 Å². The molecule has 2 aromatic heterocycles. The van der Waals surface area contributed by atoms with E-state index in [-0.39, 0.29) is 5.91 Å². The second-order valence-electron chi connectivity index (χ2n) is 6.81. The van der Waals surface area contributed by atoms with Gasteiger partial charge in [-0.1, -0.05) is 5.21 Å². The average Bonchev–Trinajstić information content (AvgIpc) is 3.17. The van der Waals surface area contributed by atoms with E-state index in [2.05, 4.69) is 31.1 Å². The minimum atomic E-state index is -0.203. The van der Waals surface area contributed by atoms with Crippen LogP contribution in [0.3, 0.4) is 0 Å². The van der Waals surface area contributed by atoms with Gasteiger partial charge in [-0.15, -0.1) is 5.10 Å². The molecule has 3 N–H and O–H groups in total. The summed E-state index contributed by atoms with van der Waals surface area (Å²) in [5.41, 5.74) is 2.39. The third kappa shape index (κ3) is 3.64. The Hall–Kier alpha value is -2.22. The quantitative estimate of drug-likeness (QED) is 0.728. The molecule has 0 radical (unpaired) electrons. The highest BCUT2D eigenvalue weighted by Crippen LogP contribution is 2.38. The molecular weight excluding hydrogens is 306 g/mol. The molecule has 1 saturated carbocycles. The smallest absolute Gasteiger partial charge is 0.273 e. The molecule has 0 spiro atoms. The Kier molecular flexibility index (Phi) is 4.29. The number of nitrogens with one attached hydrogen (secondary N) is 3. The molecule has 2 fully saturated rings. The maximum atomic E-state index is 12.2. The predicted molar refractivity (Wildman–Crippen MR) is 87.3 cm³/mol. The zero-order chi connectivity index (χ0) is 16.4. The van der Waals surface area contributed by atoms with Crippen LogP contribution in [0.4, 0.5) is 0 Å². The van der Waals surface area contributed by atoms with E-state index in [4.69, 9.17) is 0 Å². The summed E-state index contributed by atoms with van der Waals surface area (Å²) in [6, 6.07) is 2.03. The van der Waals surface area contributed by atoms with Crippen molar-refractivity contribution in [2.24, 2.45) is 5.92 Å². The molecule has 2 aromatic rings. The van der Waals surface area contributed by atoms with Crippen LogP contribution in [0.2, 0.25) is 0 Å². The lowest BCUT2D eigenvalue weighted by atomic mass is 10.00.